The molecule has 0 atom stereocenters. The molecule has 0 saturated heterocycles. The van der Waals surface area contributed by atoms with Crippen LogP contribution in [-0.4, -0.2) is 19.6 Å². The van der Waals surface area contributed by atoms with Gasteiger partial charge in [-0.2, -0.15) is 0 Å². The maximum atomic E-state index is 6.08. The molecule has 0 N–H and O–H groups in total. The fraction of sp³-hybridized carbons (Fsp3) is 0.0455. The van der Waals surface area contributed by atoms with Crippen LogP contribution in [0.2, 0.25) is 5.02 Å². The molecule has 0 radical (unpaired) electrons. The van der Waals surface area contributed by atoms with Crippen molar-refractivity contribution in [2.75, 3.05) is 0 Å². The smallest absolute Gasteiger partial charge is 0.183 e. The van der Waals surface area contributed by atoms with E-state index in [-0.39, 0.29) is 0 Å². The Bertz CT molecular complexity index is 1270. The SMILES string of the molecule is Cc1ccc(-c2cc(-c3ccc(Cl)cc3)n3nc4ncccc4c3n2)cc1. The number of aryl methyl sites for hydroxylation is 1. The van der Waals surface area contributed by atoms with Crippen LogP contribution in [0.25, 0.3) is 39.2 Å². The Morgan fingerprint density at radius 2 is 1.63 bits per heavy atom. The number of fused-ring (bicyclic) bond motifs is 3. The highest BCUT2D eigenvalue weighted by Crippen LogP contribution is 2.29. The Kier molecular flexibility index (Phi) is 3.66. The number of hydrogen-bond acceptors (Lipinski definition) is 3. The average Bonchev–Trinajstić information content (AvgIpc) is 3.07. The van der Waals surface area contributed by atoms with Gasteiger partial charge in [0.05, 0.1) is 16.8 Å². The summed E-state index contributed by atoms with van der Waals surface area (Å²) in [6.45, 7) is 2.08. The van der Waals surface area contributed by atoms with Gasteiger partial charge in [-0.25, -0.2) is 14.5 Å². The summed E-state index contributed by atoms with van der Waals surface area (Å²) in [6, 6.07) is 22.1. The van der Waals surface area contributed by atoms with Gasteiger partial charge in [0.2, 0.25) is 0 Å². The molecule has 0 aliphatic rings. The minimum Gasteiger partial charge on any atom is -0.235 e. The standard InChI is InChI=1S/C22H15ClN4/c1-14-4-6-15(7-5-14)19-13-20(16-8-10-17(23)11-9-16)27-22(25-19)18-3-2-12-24-21(18)26-27/h2-13H,1H3. The fourth-order valence-corrected chi connectivity index (χ4v) is 3.34. The first-order chi connectivity index (χ1) is 13.2. The van der Waals surface area contributed by atoms with Crippen LogP contribution < -0.4 is 0 Å². The molecule has 130 valence electrons. The van der Waals surface area contributed by atoms with E-state index in [1.165, 1.54) is 5.56 Å². The molecule has 0 spiro atoms. The number of rotatable bonds is 2. The summed E-state index contributed by atoms with van der Waals surface area (Å²) >= 11 is 6.08. The average molecular weight is 371 g/mol. The van der Waals surface area contributed by atoms with Gasteiger partial charge in [-0.05, 0) is 37.3 Å². The molecule has 0 saturated carbocycles. The third-order valence-corrected chi connectivity index (χ3v) is 4.89. The normalized spacial score (nSPS) is 11.3. The van der Waals surface area contributed by atoms with Crippen molar-refractivity contribution in [3.05, 3.63) is 83.5 Å². The third kappa shape index (κ3) is 2.75. The highest BCUT2D eigenvalue weighted by Gasteiger charge is 2.14. The van der Waals surface area contributed by atoms with Crippen molar-refractivity contribution < 1.29 is 0 Å². The third-order valence-electron chi connectivity index (χ3n) is 4.64. The highest BCUT2D eigenvalue weighted by atomic mass is 35.5. The molecule has 27 heavy (non-hydrogen) atoms. The van der Waals surface area contributed by atoms with E-state index in [0.29, 0.717) is 10.7 Å². The number of halogens is 1. The number of hydrogen-bond donors (Lipinski definition) is 0. The van der Waals surface area contributed by atoms with E-state index in [4.69, 9.17) is 16.6 Å². The van der Waals surface area contributed by atoms with E-state index >= 15 is 0 Å². The Balaban J connectivity index is 1.85. The molecule has 0 bridgehead atoms. The molecule has 0 aliphatic heterocycles. The predicted octanol–water partition coefficient (Wildman–Crippen LogP) is 5.57. The zero-order valence-electron chi connectivity index (χ0n) is 14.6. The van der Waals surface area contributed by atoms with Crippen molar-refractivity contribution in [2.24, 2.45) is 0 Å². The molecular weight excluding hydrogens is 356 g/mol. The van der Waals surface area contributed by atoms with Gasteiger partial charge >= 0.3 is 0 Å². The van der Waals surface area contributed by atoms with E-state index in [0.717, 1.165) is 33.5 Å². The minimum absolute atomic E-state index is 0.682. The Labute approximate surface area is 161 Å². The van der Waals surface area contributed by atoms with E-state index in [9.17, 15) is 0 Å². The quantitative estimate of drug-likeness (QED) is 0.407. The molecule has 3 heterocycles. The minimum atomic E-state index is 0.682. The van der Waals surface area contributed by atoms with Crippen molar-refractivity contribution in [3.63, 3.8) is 0 Å². The summed E-state index contributed by atoms with van der Waals surface area (Å²) in [5, 5.41) is 6.31. The highest BCUT2D eigenvalue weighted by molar-refractivity contribution is 6.30. The number of pyridine rings is 1. The summed E-state index contributed by atoms with van der Waals surface area (Å²) in [4.78, 5) is 9.29. The number of aromatic nitrogens is 4. The lowest BCUT2D eigenvalue weighted by Crippen LogP contribution is -1.98. The summed E-state index contributed by atoms with van der Waals surface area (Å²) in [7, 11) is 0. The van der Waals surface area contributed by atoms with Crippen molar-refractivity contribution in [1.82, 2.24) is 19.6 Å². The molecular formula is C22H15ClN4. The molecule has 0 amide bonds. The number of nitrogens with zero attached hydrogens (tertiary/aromatic N) is 4. The Morgan fingerprint density at radius 1 is 0.889 bits per heavy atom. The second kappa shape index (κ2) is 6.18. The van der Waals surface area contributed by atoms with Crippen molar-refractivity contribution >= 4 is 28.3 Å². The van der Waals surface area contributed by atoms with Gasteiger partial charge in [-0.3, -0.25) is 0 Å². The molecule has 5 heteroatoms. The van der Waals surface area contributed by atoms with Crippen LogP contribution in [0.5, 0.6) is 0 Å². The van der Waals surface area contributed by atoms with Crippen molar-refractivity contribution in [3.8, 4) is 22.5 Å². The molecule has 0 unspecified atom stereocenters. The first-order valence-corrected chi connectivity index (χ1v) is 9.04. The summed E-state index contributed by atoms with van der Waals surface area (Å²) < 4.78 is 1.86. The summed E-state index contributed by atoms with van der Waals surface area (Å²) in [6.07, 6.45) is 1.75. The van der Waals surface area contributed by atoms with Crippen LogP contribution in [-0.2, 0) is 0 Å². The topological polar surface area (TPSA) is 43.1 Å². The first kappa shape index (κ1) is 16.0. The fourth-order valence-electron chi connectivity index (χ4n) is 3.22. The first-order valence-electron chi connectivity index (χ1n) is 8.66. The second-order valence-electron chi connectivity index (χ2n) is 6.51. The Morgan fingerprint density at radius 3 is 2.41 bits per heavy atom. The zero-order valence-corrected chi connectivity index (χ0v) is 15.4. The van der Waals surface area contributed by atoms with Crippen LogP contribution in [0.15, 0.2) is 72.9 Å². The maximum Gasteiger partial charge on any atom is 0.183 e. The van der Waals surface area contributed by atoms with Gasteiger partial charge in [0.15, 0.2) is 11.3 Å². The van der Waals surface area contributed by atoms with E-state index in [2.05, 4.69) is 47.3 Å². The summed E-state index contributed by atoms with van der Waals surface area (Å²) in [5.41, 5.74) is 6.63. The zero-order chi connectivity index (χ0) is 18.4. The van der Waals surface area contributed by atoms with Crippen LogP contribution >= 0.6 is 11.6 Å². The molecule has 5 rings (SSSR count). The molecule has 5 aromatic rings. The summed E-state index contributed by atoms with van der Waals surface area (Å²) in [5.74, 6) is 0. The van der Waals surface area contributed by atoms with Crippen molar-refractivity contribution in [1.29, 1.82) is 0 Å². The van der Waals surface area contributed by atoms with Crippen LogP contribution in [0.4, 0.5) is 0 Å². The second-order valence-corrected chi connectivity index (χ2v) is 6.95. The predicted molar refractivity (Wildman–Crippen MR) is 109 cm³/mol. The molecule has 0 aliphatic carbocycles. The van der Waals surface area contributed by atoms with Gasteiger partial charge in [0, 0.05) is 22.3 Å². The lowest BCUT2D eigenvalue weighted by molar-refractivity contribution is 0.958. The Hall–Kier alpha value is -3.24. The molecule has 0 fully saturated rings. The molecule has 2 aromatic carbocycles. The van der Waals surface area contributed by atoms with Crippen molar-refractivity contribution in [2.45, 2.75) is 6.92 Å². The van der Waals surface area contributed by atoms with Gasteiger partial charge < -0.3 is 0 Å². The van der Waals surface area contributed by atoms with Gasteiger partial charge in [-0.15, -0.1) is 5.10 Å². The lowest BCUT2D eigenvalue weighted by Gasteiger charge is -2.09. The van der Waals surface area contributed by atoms with Crippen LogP contribution in [0.1, 0.15) is 5.56 Å². The molecule has 3 aromatic heterocycles. The lowest BCUT2D eigenvalue weighted by atomic mass is 10.1. The van der Waals surface area contributed by atoms with Gasteiger partial charge in [0.1, 0.15) is 0 Å². The van der Waals surface area contributed by atoms with Crippen LogP contribution in [0.3, 0.4) is 0 Å². The van der Waals surface area contributed by atoms with E-state index in [1.54, 1.807) is 6.20 Å². The van der Waals surface area contributed by atoms with E-state index in [1.807, 2.05) is 40.9 Å². The van der Waals surface area contributed by atoms with Crippen LogP contribution in [0, 0.1) is 6.92 Å². The largest absolute Gasteiger partial charge is 0.235 e. The monoisotopic (exact) mass is 370 g/mol. The number of benzene rings is 2. The molecule has 4 nitrogen and oxygen atoms in total. The maximum absolute atomic E-state index is 6.08. The van der Waals surface area contributed by atoms with Gasteiger partial charge in [0.25, 0.3) is 0 Å². The van der Waals surface area contributed by atoms with E-state index < -0.39 is 0 Å². The van der Waals surface area contributed by atoms with Gasteiger partial charge in [-0.1, -0.05) is 53.6 Å².